The molecule has 1 aromatic rings. The number of hydrogen-bond acceptors (Lipinski definition) is 2. The van der Waals surface area contributed by atoms with E-state index in [1.165, 1.54) is 16.7 Å². The molecule has 0 spiro atoms. The standard InChI is InChI=1S/C14H21NO/c1-10-5-11(2)7-12(6-10)13-8-15-14(3,4)9-16-13/h5-7,13,15H,8-9H2,1-4H3. The Morgan fingerprint density at radius 2 is 1.81 bits per heavy atom. The number of morpholine rings is 1. The summed E-state index contributed by atoms with van der Waals surface area (Å²) in [5.74, 6) is 0. The van der Waals surface area contributed by atoms with Crippen LogP contribution in [0, 0.1) is 13.8 Å². The molecule has 1 aliphatic heterocycles. The van der Waals surface area contributed by atoms with Gasteiger partial charge in [-0.25, -0.2) is 0 Å². The third kappa shape index (κ3) is 2.63. The quantitative estimate of drug-likeness (QED) is 0.784. The van der Waals surface area contributed by atoms with Crippen molar-refractivity contribution in [2.45, 2.75) is 39.3 Å². The van der Waals surface area contributed by atoms with Crippen molar-refractivity contribution < 1.29 is 4.74 Å². The van der Waals surface area contributed by atoms with Crippen molar-refractivity contribution >= 4 is 0 Å². The van der Waals surface area contributed by atoms with Gasteiger partial charge in [-0.15, -0.1) is 0 Å². The van der Waals surface area contributed by atoms with Crippen molar-refractivity contribution in [2.75, 3.05) is 13.2 Å². The molecule has 16 heavy (non-hydrogen) atoms. The van der Waals surface area contributed by atoms with Gasteiger partial charge in [-0.1, -0.05) is 29.3 Å². The fraction of sp³-hybridized carbons (Fsp3) is 0.571. The van der Waals surface area contributed by atoms with Gasteiger partial charge in [0.2, 0.25) is 0 Å². The molecular weight excluding hydrogens is 198 g/mol. The summed E-state index contributed by atoms with van der Waals surface area (Å²) in [6.45, 7) is 10.3. The molecule has 0 saturated carbocycles. The lowest BCUT2D eigenvalue weighted by Gasteiger charge is -2.36. The topological polar surface area (TPSA) is 21.3 Å². The number of rotatable bonds is 1. The first-order chi connectivity index (χ1) is 7.46. The Hall–Kier alpha value is -0.860. The fourth-order valence-electron chi connectivity index (χ4n) is 2.20. The molecule has 0 bridgehead atoms. The lowest BCUT2D eigenvalue weighted by Crippen LogP contribution is -2.50. The Balaban J connectivity index is 2.14. The summed E-state index contributed by atoms with van der Waals surface area (Å²) in [6.07, 6.45) is 0.201. The van der Waals surface area contributed by atoms with Gasteiger partial charge in [0.25, 0.3) is 0 Å². The van der Waals surface area contributed by atoms with Crippen molar-refractivity contribution in [3.63, 3.8) is 0 Å². The molecule has 1 heterocycles. The van der Waals surface area contributed by atoms with E-state index in [1.54, 1.807) is 0 Å². The summed E-state index contributed by atoms with van der Waals surface area (Å²) in [7, 11) is 0. The van der Waals surface area contributed by atoms with Gasteiger partial charge in [-0.2, -0.15) is 0 Å². The van der Waals surface area contributed by atoms with Gasteiger partial charge in [0.15, 0.2) is 0 Å². The first-order valence-corrected chi connectivity index (χ1v) is 5.91. The van der Waals surface area contributed by atoms with Gasteiger partial charge in [-0.3, -0.25) is 0 Å². The average Bonchev–Trinajstić information content (AvgIpc) is 2.15. The maximum atomic E-state index is 5.93. The van der Waals surface area contributed by atoms with Gasteiger partial charge in [0, 0.05) is 12.1 Å². The molecule has 1 fully saturated rings. The first kappa shape index (κ1) is 11.6. The molecule has 0 aliphatic carbocycles. The van der Waals surface area contributed by atoms with Crippen molar-refractivity contribution in [2.24, 2.45) is 0 Å². The van der Waals surface area contributed by atoms with E-state index in [9.17, 15) is 0 Å². The van der Waals surface area contributed by atoms with E-state index in [-0.39, 0.29) is 11.6 Å². The summed E-state index contributed by atoms with van der Waals surface area (Å²) in [6, 6.07) is 6.64. The highest BCUT2D eigenvalue weighted by Gasteiger charge is 2.27. The fourth-order valence-corrected chi connectivity index (χ4v) is 2.20. The summed E-state index contributed by atoms with van der Waals surface area (Å²) in [4.78, 5) is 0. The molecule has 2 nitrogen and oxygen atoms in total. The van der Waals surface area contributed by atoms with E-state index in [1.807, 2.05) is 0 Å². The van der Waals surface area contributed by atoms with Crippen LogP contribution in [0.25, 0.3) is 0 Å². The molecule has 0 amide bonds. The van der Waals surface area contributed by atoms with E-state index >= 15 is 0 Å². The minimum absolute atomic E-state index is 0.107. The zero-order valence-corrected chi connectivity index (χ0v) is 10.6. The van der Waals surface area contributed by atoms with Gasteiger partial charge in [-0.05, 0) is 33.3 Å². The van der Waals surface area contributed by atoms with Crippen molar-refractivity contribution in [1.29, 1.82) is 0 Å². The molecule has 2 heteroatoms. The van der Waals surface area contributed by atoms with Crippen LogP contribution in [0.1, 0.15) is 36.6 Å². The molecule has 1 atom stereocenters. The van der Waals surface area contributed by atoms with E-state index in [0.717, 1.165) is 13.2 Å². The highest BCUT2D eigenvalue weighted by atomic mass is 16.5. The number of ether oxygens (including phenoxy) is 1. The third-order valence-corrected chi connectivity index (χ3v) is 3.03. The first-order valence-electron chi connectivity index (χ1n) is 5.91. The second-order valence-corrected chi connectivity index (χ2v) is 5.49. The van der Waals surface area contributed by atoms with E-state index in [2.05, 4.69) is 51.2 Å². The normalized spacial score (nSPS) is 24.4. The minimum Gasteiger partial charge on any atom is -0.370 e. The average molecular weight is 219 g/mol. The van der Waals surface area contributed by atoms with Crippen LogP contribution in [0.2, 0.25) is 0 Å². The number of aryl methyl sites for hydroxylation is 2. The molecule has 2 rings (SSSR count). The number of hydrogen-bond donors (Lipinski definition) is 1. The molecule has 1 aliphatic rings. The molecular formula is C14H21NO. The van der Waals surface area contributed by atoms with E-state index in [4.69, 9.17) is 4.74 Å². The molecule has 1 aromatic carbocycles. The van der Waals surface area contributed by atoms with Gasteiger partial charge < -0.3 is 10.1 Å². The van der Waals surface area contributed by atoms with Crippen LogP contribution in [-0.2, 0) is 4.74 Å². The monoisotopic (exact) mass is 219 g/mol. The van der Waals surface area contributed by atoms with Crippen molar-refractivity contribution in [1.82, 2.24) is 5.32 Å². The molecule has 1 N–H and O–H groups in total. The van der Waals surface area contributed by atoms with Crippen LogP contribution in [-0.4, -0.2) is 18.7 Å². The van der Waals surface area contributed by atoms with Gasteiger partial charge >= 0.3 is 0 Å². The zero-order valence-electron chi connectivity index (χ0n) is 10.6. The van der Waals surface area contributed by atoms with Crippen LogP contribution in [0.15, 0.2) is 18.2 Å². The maximum absolute atomic E-state index is 5.93. The summed E-state index contributed by atoms with van der Waals surface area (Å²) >= 11 is 0. The Labute approximate surface area is 98.0 Å². The van der Waals surface area contributed by atoms with Gasteiger partial charge in [0.1, 0.15) is 0 Å². The third-order valence-electron chi connectivity index (χ3n) is 3.03. The molecule has 88 valence electrons. The Bertz CT molecular complexity index is 354. The smallest absolute Gasteiger partial charge is 0.0950 e. The van der Waals surface area contributed by atoms with Crippen LogP contribution in [0.3, 0.4) is 0 Å². The zero-order chi connectivity index (χ0) is 11.8. The summed E-state index contributed by atoms with van der Waals surface area (Å²) < 4.78 is 5.93. The second-order valence-electron chi connectivity index (χ2n) is 5.49. The van der Waals surface area contributed by atoms with E-state index < -0.39 is 0 Å². The Morgan fingerprint density at radius 3 is 2.31 bits per heavy atom. The Kier molecular flexibility index (Phi) is 3.04. The highest BCUT2D eigenvalue weighted by Crippen LogP contribution is 2.25. The lowest BCUT2D eigenvalue weighted by molar-refractivity contribution is -0.0229. The predicted molar refractivity (Wildman–Crippen MR) is 66.7 cm³/mol. The predicted octanol–water partition coefficient (Wildman–Crippen LogP) is 2.74. The van der Waals surface area contributed by atoms with Crippen LogP contribution >= 0.6 is 0 Å². The van der Waals surface area contributed by atoms with Crippen molar-refractivity contribution in [3.8, 4) is 0 Å². The van der Waals surface area contributed by atoms with Gasteiger partial charge in [0.05, 0.1) is 12.7 Å². The van der Waals surface area contributed by atoms with Crippen molar-refractivity contribution in [3.05, 3.63) is 34.9 Å². The SMILES string of the molecule is Cc1cc(C)cc(C2CNC(C)(C)CO2)c1. The highest BCUT2D eigenvalue weighted by molar-refractivity contribution is 5.30. The maximum Gasteiger partial charge on any atom is 0.0950 e. The lowest BCUT2D eigenvalue weighted by atomic mass is 9.99. The van der Waals surface area contributed by atoms with Crippen LogP contribution < -0.4 is 5.32 Å². The van der Waals surface area contributed by atoms with Crippen LogP contribution in [0.5, 0.6) is 0 Å². The largest absolute Gasteiger partial charge is 0.370 e. The van der Waals surface area contributed by atoms with Crippen LogP contribution in [0.4, 0.5) is 0 Å². The summed E-state index contributed by atoms with van der Waals surface area (Å²) in [5, 5.41) is 3.52. The number of nitrogens with one attached hydrogen (secondary N) is 1. The minimum atomic E-state index is 0.107. The molecule has 1 saturated heterocycles. The number of benzene rings is 1. The second kappa shape index (κ2) is 4.19. The molecule has 0 aromatic heterocycles. The molecule has 0 radical (unpaired) electrons. The van der Waals surface area contributed by atoms with E-state index in [0.29, 0.717) is 0 Å². The molecule has 1 unspecified atom stereocenters. The summed E-state index contributed by atoms with van der Waals surface area (Å²) in [5.41, 5.74) is 4.02. The Morgan fingerprint density at radius 1 is 1.19 bits per heavy atom.